The van der Waals surface area contributed by atoms with Crippen LogP contribution in [0.25, 0.3) is 0 Å². The normalized spacial score (nSPS) is 15.2. The summed E-state index contributed by atoms with van der Waals surface area (Å²) in [5, 5.41) is 4.62. The van der Waals surface area contributed by atoms with E-state index in [1.165, 1.54) is 0 Å². The monoisotopic (exact) mass is 537 g/mol. The average molecular weight is 538 g/mol. The van der Waals surface area contributed by atoms with Gasteiger partial charge >= 0.3 is 0 Å². The zero-order chi connectivity index (χ0) is 19.1. The highest BCUT2D eigenvalue weighted by Gasteiger charge is 2.22. The highest BCUT2D eigenvalue weighted by atomic mass is 127. The molecule has 28 heavy (non-hydrogen) atoms. The molecular weight excluding hydrogens is 512 g/mol. The standard InChI is InChI=1S/C19H25Cl2N5O.HI/c1-22-19(24-5-9-25-8-4-23-14-25)26-6-2-15(3-7-26)13-27-18-11-16(20)10-17(21)12-18;/h4,8,10-12,14-15H,2-3,5-7,9,13H2,1H3,(H,22,24);1H. The van der Waals surface area contributed by atoms with Gasteiger partial charge in [-0.1, -0.05) is 23.2 Å². The molecule has 0 saturated carbocycles. The number of rotatable bonds is 6. The van der Waals surface area contributed by atoms with Crippen LogP contribution in [0, 0.1) is 5.92 Å². The fourth-order valence-electron chi connectivity index (χ4n) is 3.19. The second-order valence-corrected chi connectivity index (χ2v) is 7.49. The Morgan fingerprint density at radius 1 is 1.25 bits per heavy atom. The third kappa shape index (κ3) is 7.00. The highest BCUT2D eigenvalue weighted by molar-refractivity contribution is 14.0. The van der Waals surface area contributed by atoms with Crippen molar-refractivity contribution in [2.24, 2.45) is 10.9 Å². The first kappa shape index (κ1) is 23.1. The number of ether oxygens (including phenoxy) is 1. The lowest BCUT2D eigenvalue weighted by molar-refractivity contribution is 0.179. The Morgan fingerprint density at radius 2 is 1.96 bits per heavy atom. The van der Waals surface area contributed by atoms with Gasteiger partial charge in [0, 0.05) is 55.7 Å². The quantitative estimate of drug-likeness (QED) is 0.341. The van der Waals surface area contributed by atoms with E-state index in [-0.39, 0.29) is 24.0 Å². The van der Waals surface area contributed by atoms with E-state index in [1.54, 1.807) is 24.4 Å². The van der Waals surface area contributed by atoms with E-state index in [4.69, 9.17) is 27.9 Å². The fourth-order valence-corrected chi connectivity index (χ4v) is 3.69. The van der Waals surface area contributed by atoms with Gasteiger partial charge in [0.15, 0.2) is 5.96 Å². The van der Waals surface area contributed by atoms with Gasteiger partial charge in [-0.15, -0.1) is 24.0 Å². The van der Waals surface area contributed by atoms with E-state index < -0.39 is 0 Å². The molecule has 0 amide bonds. The molecule has 154 valence electrons. The topological polar surface area (TPSA) is 54.7 Å². The molecule has 1 aromatic heterocycles. The maximum atomic E-state index is 6.02. The Bertz CT molecular complexity index is 729. The first-order valence-electron chi connectivity index (χ1n) is 9.14. The maximum Gasteiger partial charge on any atom is 0.193 e. The molecule has 3 rings (SSSR count). The number of halogens is 3. The number of nitrogens with zero attached hydrogens (tertiary/aromatic N) is 4. The lowest BCUT2D eigenvalue weighted by Gasteiger charge is -2.34. The molecule has 1 aromatic carbocycles. The molecule has 0 bridgehead atoms. The number of imidazole rings is 1. The van der Waals surface area contributed by atoms with Crippen LogP contribution in [0.15, 0.2) is 41.9 Å². The van der Waals surface area contributed by atoms with Crippen molar-refractivity contribution in [1.82, 2.24) is 19.8 Å². The summed E-state index contributed by atoms with van der Waals surface area (Å²) in [5.41, 5.74) is 0. The number of guanidine groups is 1. The highest BCUT2D eigenvalue weighted by Crippen LogP contribution is 2.26. The molecule has 1 aliphatic heterocycles. The first-order valence-corrected chi connectivity index (χ1v) is 9.90. The van der Waals surface area contributed by atoms with Crippen LogP contribution >= 0.6 is 47.2 Å². The van der Waals surface area contributed by atoms with Crippen LogP contribution in [0.1, 0.15) is 12.8 Å². The van der Waals surface area contributed by atoms with E-state index in [0.29, 0.717) is 22.6 Å². The minimum Gasteiger partial charge on any atom is -0.493 e. The van der Waals surface area contributed by atoms with Crippen molar-refractivity contribution >= 4 is 53.1 Å². The summed E-state index contributed by atoms with van der Waals surface area (Å²) >= 11 is 12.0. The van der Waals surface area contributed by atoms with E-state index >= 15 is 0 Å². The van der Waals surface area contributed by atoms with Gasteiger partial charge in [0.2, 0.25) is 0 Å². The average Bonchev–Trinajstić information content (AvgIpc) is 3.17. The van der Waals surface area contributed by atoms with E-state index in [2.05, 4.69) is 20.2 Å². The Balaban J connectivity index is 0.00000280. The minimum absolute atomic E-state index is 0. The van der Waals surface area contributed by atoms with Crippen LogP contribution in [0.2, 0.25) is 10.0 Å². The molecule has 2 heterocycles. The first-order chi connectivity index (χ1) is 13.1. The Morgan fingerprint density at radius 3 is 2.57 bits per heavy atom. The lowest BCUT2D eigenvalue weighted by Crippen LogP contribution is -2.46. The Kier molecular flexibility index (Phi) is 9.67. The summed E-state index contributed by atoms with van der Waals surface area (Å²) in [6.45, 7) is 4.30. The van der Waals surface area contributed by atoms with Gasteiger partial charge in [0.05, 0.1) is 12.9 Å². The third-order valence-electron chi connectivity index (χ3n) is 4.66. The number of aromatic nitrogens is 2. The molecule has 0 unspecified atom stereocenters. The zero-order valence-corrected chi connectivity index (χ0v) is 19.7. The lowest BCUT2D eigenvalue weighted by atomic mass is 9.98. The van der Waals surface area contributed by atoms with Gasteiger partial charge in [-0.05, 0) is 37.0 Å². The van der Waals surface area contributed by atoms with Gasteiger partial charge < -0.3 is 19.5 Å². The van der Waals surface area contributed by atoms with Gasteiger partial charge in [0.25, 0.3) is 0 Å². The number of aliphatic imine (C=N–C) groups is 1. The second-order valence-electron chi connectivity index (χ2n) is 6.62. The van der Waals surface area contributed by atoms with Crippen molar-refractivity contribution in [1.29, 1.82) is 0 Å². The minimum atomic E-state index is 0. The van der Waals surface area contributed by atoms with E-state index in [9.17, 15) is 0 Å². The molecule has 0 aliphatic carbocycles. The van der Waals surface area contributed by atoms with E-state index in [1.807, 2.05) is 24.1 Å². The van der Waals surface area contributed by atoms with Crippen molar-refractivity contribution in [3.8, 4) is 5.75 Å². The zero-order valence-electron chi connectivity index (χ0n) is 15.9. The summed E-state index contributed by atoms with van der Waals surface area (Å²) in [6, 6.07) is 5.31. The van der Waals surface area contributed by atoms with Crippen molar-refractivity contribution in [3.63, 3.8) is 0 Å². The largest absolute Gasteiger partial charge is 0.493 e. The number of hydrogen-bond donors (Lipinski definition) is 1. The molecule has 1 N–H and O–H groups in total. The van der Waals surface area contributed by atoms with Gasteiger partial charge in [-0.3, -0.25) is 4.99 Å². The predicted octanol–water partition coefficient (Wildman–Crippen LogP) is 4.17. The van der Waals surface area contributed by atoms with E-state index in [0.717, 1.165) is 50.7 Å². The number of hydrogen-bond acceptors (Lipinski definition) is 3. The molecule has 9 heteroatoms. The van der Waals surface area contributed by atoms with Crippen LogP contribution in [0.4, 0.5) is 0 Å². The van der Waals surface area contributed by atoms with Crippen molar-refractivity contribution in [3.05, 3.63) is 47.0 Å². The van der Waals surface area contributed by atoms with Gasteiger partial charge in [0.1, 0.15) is 5.75 Å². The molecule has 0 spiro atoms. The molecule has 0 atom stereocenters. The molecule has 6 nitrogen and oxygen atoms in total. The van der Waals surface area contributed by atoms with Crippen LogP contribution in [0.3, 0.4) is 0 Å². The molecule has 0 radical (unpaired) electrons. The van der Waals surface area contributed by atoms with Crippen LogP contribution in [0.5, 0.6) is 5.75 Å². The maximum absolute atomic E-state index is 6.02. The smallest absolute Gasteiger partial charge is 0.193 e. The molecular formula is C19H26Cl2IN5O. The summed E-state index contributed by atoms with van der Waals surface area (Å²) in [6.07, 6.45) is 7.71. The van der Waals surface area contributed by atoms with Gasteiger partial charge in [-0.25, -0.2) is 4.98 Å². The molecule has 1 aliphatic rings. The number of likely N-dealkylation sites (tertiary alicyclic amines) is 1. The van der Waals surface area contributed by atoms with Crippen LogP contribution in [-0.2, 0) is 6.54 Å². The fraction of sp³-hybridized carbons (Fsp3) is 0.474. The van der Waals surface area contributed by atoms with Crippen LogP contribution in [-0.4, -0.2) is 53.7 Å². The van der Waals surface area contributed by atoms with Gasteiger partial charge in [-0.2, -0.15) is 0 Å². The Labute approximate surface area is 193 Å². The summed E-state index contributed by atoms with van der Waals surface area (Å²) in [7, 11) is 1.83. The second kappa shape index (κ2) is 11.7. The summed E-state index contributed by atoms with van der Waals surface area (Å²) in [4.78, 5) is 10.8. The van der Waals surface area contributed by atoms with Crippen molar-refractivity contribution < 1.29 is 4.74 Å². The summed E-state index contributed by atoms with van der Waals surface area (Å²) < 4.78 is 7.94. The molecule has 2 aromatic rings. The molecule has 1 fully saturated rings. The van der Waals surface area contributed by atoms with Crippen molar-refractivity contribution in [2.45, 2.75) is 19.4 Å². The SMILES string of the molecule is CN=C(NCCn1ccnc1)N1CCC(COc2cc(Cl)cc(Cl)c2)CC1.I. The predicted molar refractivity (Wildman–Crippen MR) is 125 cm³/mol. The van der Waals surface area contributed by atoms with Crippen LogP contribution < -0.4 is 10.1 Å². The Hall–Kier alpha value is -1.19. The molecule has 1 saturated heterocycles. The van der Waals surface area contributed by atoms with Crippen molar-refractivity contribution in [2.75, 3.05) is 33.3 Å². The summed E-state index contributed by atoms with van der Waals surface area (Å²) in [5.74, 6) is 2.20. The number of piperidine rings is 1. The third-order valence-corrected chi connectivity index (χ3v) is 5.10. The number of nitrogens with one attached hydrogen (secondary N) is 1. The number of benzene rings is 1.